The van der Waals surface area contributed by atoms with Crippen molar-refractivity contribution in [3.8, 4) is 10.6 Å². The van der Waals surface area contributed by atoms with E-state index in [0.717, 1.165) is 51.1 Å². The maximum Gasteiger partial charge on any atom is 0.260 e. The summed E-state index contributed by atoms with van der Waals surface area (Å²) in [5.41, 5.74) is 3.59. The van der Waals surface area contributed by atoms with Crippen LogP contribution < -0.4 is 4.90 Å². The first-order valence-electron chi connectivity index (χ1n) is 9.99. The van der Waals surface area contributed by atoms with Gasteiger partial charge in [-0.2, -0.15) is 0 Å². The predicted molar refractivity (Wildman–Crippen MR) is 123 cm³/mol. The molecule has 0 aliphatic carbocycles. The van der Waals surface area contributed by atoms with E-state index in [0.29, 0.717) is 12.1 Å². The summed E-state index contributed by atoms with van der Waals surface area (Å²) >= 11 is 3.16. The van der Waals surface area contributed by atoms with Crippen molar-refractivity contribution in [1.82, 2.24) is 9.97 Å². The SMILES string of the molecule is Cc1csc(-c2ccc(C(=O)N(CC3CCCO3)c3nc4ccccc4s3)cc2)n1. The molecule has 1 aliphatic heterocycles. The first-order chi connectivity index (χ1) is 14.7. The van der Waals surface area contributed by atoms with Gasteiger partial charge in [-0.25, -0.2) is 9.97 Å². The summed E-state index contributed by atoms with van der Waals surface area (Å²) in [5.74, 6) is -0.0496. The largest absolute Gasteiger partial charge is 0.376 e. The number of thiazole rings is 2. The van der Waals surface area contributed by atoms with Crippen molar-refractivity contribution in [2.45, 2.75) is 25.9 Å². The van der Waals surface area contributed by atoms with Crippen molar-refractivity contribution in [3.05, 3.63) is 65.2 Å². The average Bonchev–Trinajstić information content (AvgIpc) is 3.52. The Morgan fingerprint density at radius 1 is 1.17 bits per heavy atom. The molecule has 5 nitrogen and oxygen atoms in total. The van der Waals surface area contributed by atoms with Crippen molar-refractivity contribution in [3.63, 3.8) is 0 Å². The van der Waals surface area contributed by atoms with Crippen LogP contribution in [-0.2, 0) is 4.74 Å². The number of carbonyl (C=O) groups excluding carboxylic acids is 1. The molecule has 2 aromatic carbocycles. The van der Waals surface area contributed by atoms with Crippen molar-refractivity contribution >= 4 is 43.9 Å². The number of para-hydroxylation sites is 1. The van der Waals surface area contributed by atoms with Gasteiger partial charge in [-0.3, -0.25) is 9.69 Å². The molecule has 1 unspecified atom stereocenters. The highest BCUT2D eigenvalue weighted by Gasteiger charge is 2.27. The number of benzene rings is 2. The predicted octanol–water partition coefficient (Wildman–Crippen LogP) is 5.55. The Morgan fingerprint density at radius 3 is 2.70 bits per heavy atom. The Bertz CT molecular complexity index is 1140. The van der Waals surface area contributed by atoms with Gasteiger partial charge in [-0.1, -0.05) is 35.6 Å². The van der Waals surface area contributed by atoms with E-state index in [2.05, 4.69) is 4.98 Å². The van der Waals surface area contributed by atoms with Crippen LogP contribution in [0.25, 0.3) is 20.8 Å². The van der Waals surface area contributed by atoms with Gasteiger partial charge < -0.3 is 4.74 Å². The maximum absolute atomic E-state index is 13.5. The summed E-state index contributed by atoms with van der Waals surface area (Å²) < 4.78 is 6.90. The maximum atomic E-state index is 13.5. The van der Waals surface area contributed by atoms with Gasteiger partial charge in [0.2, 0.25) is 0 Å². The Labute approximate surface area is 183 Å². The number of hydrogen-bond acceptors (Lipinski definition) is 6. The molecule has 1 fully saturated rings. The van der Waals surface area contributed by atoms with Gasteiger partial charge in [0, 0.05) is 28.8 Å². The number of anilines is 1. The van der Waals surface area contributed by atoms with Crippen LogP contribution >= 0.6 is 22.7 Å². The highest BCUT2D eigenvalue weighted by molar-refractivity contribution is 7.22. The first-order valence-corrected chi connectivity index (χ1v) is 11.7. The molecule has 0 N–H and O–H groups in total. The standard InChI is InChI=1S/C23H21N3O2S2/c1-15-14-29-21(24-15)16-8-10-17(11-9-16)22(27)26(13-18-5-4-12-28-18)23-25-19-6-2-3-7-20(19)30-23/h2-3,6-11,14,18H,4-5,12-13H2,1H3. The van der Waals surface area contributed by atoms with Crippen LogP contribution in [0.15, 0.2) is 53.9 Å². The van der Waals surface area contributed by atoms with Gasteiger partial charge in [0.1, 0.15) is 5.01 Å². The van der Waals surface area contributed by atoms with Crippen molar-refractivity contribution < 1.29 is 9.53 Å². The summed E-state index contributed by atoms with van der Waals surface area (Å²) in [6.45, 7) is 3.26. The fourth-order valence-corrected chi connectivity index (χ4v) is 5.39. The minimum absolute atomic E-state index is 0.0496. The van der Waals surface area contributed by atoms with E-state index in [1.165, 1.54) is 0 Å². The van der Waals surface area contributed by atoms with Gasteiger partial charge >= 0.3 is 0 Å². The third-order valence-electron chi connectivity index (χ3n) is 5.17. The lowest BCUT2D eigenvalue weighted by molar-refractivity contribution is 0.0917. The van der Waals surface area contributed by atoms with Gasteiger partial charge in [0.05, 0.1) is 22.9 Å². The third-order valence-corrected chi connectivity index (χ3v) is 7.24. The number of amides is 1. The lowest BCUT2D eigenvalue weighted by Gasteiger charge is -2.23. The quantitative estimate of drug-likeness (QED) is 0.412. The topological polar surface area (TPSA) is 55.3 Å². The molecule has 152 valence electrons. The Morgan fingerprint density at radius 2 is 2.00 bits per heavy atom. The number of ether oxygens (including phenoxy) is 1. The monoisotopic (exact) mass is 435 g/mol. The van der Waals surface area contributed by atoms with Crippen LogP contribution in [0, 0.1) is 6.92 Å². The van der Waals surface area contributed by atoms with Crippen LogP contribution in [0.2, 0.25) is 0 Å². The second-order valence-corrected chi connectivity index (χ2v) is 9.25. The lowest BCUT2D eigenvalue weighted by Crippen LogP contribution is -2.37. The fraction of sp³-hybridized carbons (Fsp3) is 0.261. The molecule has 1 amide bonds. The Balaban J connectivity index is 1.46. The second kappa shape index (κ2) is 8.26. The van der Waals surface area contributed by atoms with Gasteiger partial charge in [-0.05, 0) is 44.0 Å². The molecule has 0 spiro atoms. The number of aryl methyl sites for hydroxylation is 1. The van der Waals surface area contributed by atoms with Gasteiger partial charge in [0.25, 0.3) is 5.91 Å². The van der Waals surface area contributed by atoms with Crippen LogP contribution in [-0.4, -0.2) is 35.1 Å². The molecule has 30 heavy (non-hydrogen) atoms. The summed E-state index contributed by atoms with van der Waals surface area (Å²) in [5, 5.41) is 3.72. The number of rotatable bonds is 5. The summed E-state index contributed by atoms with van der Waals surface area (Å²) in [6.07, 6.45) is 2.06. The van der Waals surface area contributed by atoms with Crippen LogP contribution in [0.5, 0.6) is 0 Å². The average molecular weight is 436 g/mol. The fourth-order valence-electron chi connectivity index (χ4n) is 3.61. The zero-order valence-electron chi connectivity index (χ0n) is 16.6. The Kier molecular flexibility index (Phi) is 5.33. The molecular weight excluding hydrogens is 414 g/mol. The third kappa shape index (κ3) is 3.88. The summed E-state index contributed by atoms with van der Waals surface area (Å²) in [4.78, 5) is 24.5. The van der Waals surface area contributed by atoms with E-state index >= 15 is 0 Å². The van der Waals surface area contributed by atoms with Gasteiger partial charge in [-0.15, -0.1) is 11.3 Å². The van der Waals surface area contributed by atoms with Crippen LogP contribution in [0.1, 0.15) is 28.9 Å². The van der Waals surface area contributed by atoms with Crippen LogP contribution in [0.3, 0.4) is 0 Å². The second-order valence-electron chi connectivity index (χ2n) is 7.39. The summed E-state index contributed by atoms with van der Waals surface area (Å²) in [6, 6.07) is 15.7. The van der Waals surface area contributed by atoms with E-state index in [1.807, 2.05) is 60.8 Å². The highest BCUT2D eigenvalue weighted by Crippen LogP contribution is 2.31. The molecule has 5 rings (SSSR count). The number of aromatic nitrogens is 2. The number of nitrogens with zero attached hydrogens (tertiary/aromatic N) is 3. The van der Waals surface area contributed by atoms with Crippen molar-refractivity contribution in [1.29, 1.82) is 0 Å². The normalized spacial score (nSPS) is 16.2. The summed E-state index contributed by atoms with van der Waals surface area (Å²) in [7, 11) is 0. The Hall–Kier alpha value is -2.61. The minimum Gasteiger partial charge on any atom is -0.376 e. The van der Waals surface area contributed by atoms with Crippen molar-refractivity contribution in [2.75, 3.05) is 18.1 Å². The molecule has 4 aromatic rings. The minimum atomic E-state index is -0.0496. The molecule has 2 aromatic heterocycles. The molecule has 3 heterocycles. The van der Waals surface area contributed by atoms with E-state index in [9.17, 15) is 4.79 Å². The lowest BCUT2D eigenvalue weighted by atomic mass is 10.1. The molecular formula is C23H21N3O2S2. The molecule has 0 saturated carbocycles. The zero-order chi connectivity index (χ0) is 20.5. The molecule has 0 radical (unpaired) electrons. The van der Waals surface area contributed by atoms with E-state index in [1.54, 1.807) is 27.6 Å². The highest BCUT2D eigenvalue weighted by atomic mass is 32.1. The number of hydrogen-bond donors (Lipinski definition) is 0. The van der Waals surface area contributed by atoms with Crippen molar-refractivity contribution in [2.24, 2.45) is 0 Å². The van der Waals surface area contributed by atoms with E-state index in [-0.39, 0.29) is 12.0 Å². The molecule has 0 bridgehead atoms. The number of fused-ring (bicyclic) bond motifs is 1. The molecule has 1 atom stereocenters. The number of carbonyl (C=O) groups is 1. The van der Waals surface area contributed by atoms with Crippen LogP contribution in [0.4, 0.5) is 5.13 Å². The molecule has 1 saturated heterocycles. The van der Waals surface area contributed by atoms with E-state index in [4.69, 9.17) is 9.72 Å². The first kappa shape index (κ1) is 19.4. The van der Waals surface area contributed by atoms with E-state index < -0.39 is 0 Å². The molecule has 1 aliphatic rings. The molecule has 7 heteroatoms. The smallest absolute Gasteiger partial charge is 0.260 e. The van der Waals surface area contributed by atoms with Gasteiger partial charge in [0.15, 0.2) is 5.13 Å². The zero-order valence-corrected chi connectivity index (χ0v) is 18.2.